The Bertz CT molecular complexity index is 1620. The van der Waals surface area contributed by atoms with Gasteiger partial charge in [-0.3, -0.25) is 9.69 Å². The highest BCUT2D eigenvalue weighted by Gasteiger charge is 2.45. The second-order valence-corrected chi connectivity index (χ2v) is 13.7. The lowest BCUT2D eigenvalue weighted by atomic mass is 10.0. The van der Waals surface area contributed by atoms with E-state index in [0.29, 0.717) is 32.7 Å². The molecule has 0 aromatic heterocycles. The summed E-state index contributed by atoms with van der Waals surface area (Å²) in [7, 11) is -7.89. The highest BCUT2D eigenvalue weighted by atomic mass is 35.5. The predicted molar refractivity (Wildman–Crippen MR) is 146 cm³/mol. The number of amides is 1. The van der Waals surface area contributed by atoms with Crippen molar-refractivity contribution in [3.63, 3.8) is 0 Å². The van der Waals surface area contributed by atoms with E-state index in [-0.39, 0.29) is 46.0 Å². The molecule has 0 aliphatic carbocycles. The van der Waals surface area contributed by atoms with E-state index < -0.39 is 30.7 Å². The number of rotatable bonds is 5. The largest absolute Gasteiger partial charge is 0.454 e. The van der Waals surface area contributed by atoms with Gasteiger partial charge in [0, 0.05) is 43.9 Å². The van der Waals surface area contributed by atoms with Crippen molar-refractivity contribution in [2.24, 2.45) is 0 Å². The van der Waals surface area contributed by atoms with Gasteiger partial charge in [-0.15, -0.1) is 12.4 Å². The predicted octanol–water partition coefficient (Wildman–Crippen LogP) is 3.10. The summed E-state index contributed by atoms with van der Waals surface area (Å²) in [5.41, 5.74) is 1.30. The quantitative estimate of drug-likeness (QED) is 0.446. The molecule has 1 amide bonds. The lowest BCUT2D eigenvalue weighted by molar-refractivity contribution is 0.0627. The molecule has 0 bridgehead atoms. The summed E-state index contributed by atoms with van der Waals surface area (Å²) in [4.78, 5) is 17.5. The van der Waals surface area contributed by atoms with Crippen LogP contribution in [-0.2, 0) is 26.2 Å². The zero-order valence-corrected chi connectivity index (χ0v) is 23.3. The van der Waals surface area contributed by atoms with E-state index in [1.54, 1.807) is 23.1 Å². The van der Waals surface area contributed by atoms with Crippen LogP contribution in [0.5, 0.6) is 11.5 Å². The van der Waals surface area contributed by atoms with Crippen molar-refractivity contribution in [3.05, 3.63) is 83.4 Å². The van der Waals surface area contributed by atoms with E-state index in [9.17, 15) is 21.6 Å². The molecule has 1 fully saturated rings. The van der Waals surface area contributed by atoms with Crippen LogP contribution in [0.2, 0.25) is 0 Å². The van der Waals surface area contributed by atoms with E-state index in [0.717, 1.165) is 17.1 Å². The minimum absolute atomic E-state index is 0. The van der Waals surface area contributed by atoms with Crippen LogP contribution in [0.15, 0.2) is 76.5 Å². The van der Waals surface area contributed by atoms with Gasteiger partial charge in [-0.25, -0.2) is 16.8 Å². The first kappa shape index (κ1) is 27.4. The van der Waals surface area contributed by atoms with Gasteiger partial charge in [0.25, 0.3) is 5.91 Å². The molecule has 0 saturated carbocycles. The second kappa shape index (κ2) is 10.5. The van der Waals surface area contributed by atoms with Crippen molar-refractivity contribution in [2.45, 2.75) is 21.6 Å². The lowest BCUT2D eigenvalue weighted by Crippen LogP contribution is -2.48. The molecule has 3 heterocycles. The highest BCUT2D eigenvalue weighted by molar-refractivity contribution is 7.96. The Balaban J connectivity index is 0.00000308. The van der Waals surface area contributed by atoms with Crippen molar-refractivity contribution < 1.29 is 31.1 Å². The molecule has 3 aliphatic heterocycles. The van der Waals surface area contributed by atoms with Gasteiger partial charge in [0.1, 0.15) is 5.25 Å². The van der Waals surface area contributed by atoms with Crippen LogP contribution in [0.4, 0.5) is 0 Å². The van der Waals surface area contributed by atoms with Crippen molar-refractivity contribution in [1.82, 2.24) is 9.80 Å². The maximum atomic E-state index is 13.7. The van der Waals surface area contributed by atoms with Gasteiger partial charge in [0.15, 0.2) is 31.2 Å². The van der Waals surface area contributed by atoms with E-state index >= 15 is 0 Å². The van der Waals surface area contributed by atoms with Crippen LogP contribution in [0.1, 0.15) is 26.7 Å². The van der Waals surface area contributed by atoms with E-state index in [2.05, 4.69) is 4.90 Å². The van der Waals surface area contributed by atoms with Crippen molar-refractivity contribution in [3.8, 4) is 11.5 Å². The normalized spacial score (nSPS) is 19.8. The van der Waals surface area contributed by atoms with Crippen LogP contribution in [0.25, 0.3) is 0 Å². The smallest absolute Gasteiger partial charge is 0.254 e. The fraction of sp³-hybridized carbons (Fsp3) is 0.296. The Hall–Kier alpha value is -3.12. The molecular weight excluding hydrogens is 564 g/mol. The zero-order chi connectivity index (χ0) is 26.5. The molecule has 3 aliphatic rings. The Kier molecular flexibility index (Phi) is 7.36. The Morgan fingerprint density at radius 1 is 0.897 bits per heavy atom. The van der Waals surface area contributed by atoms with Gasteiger partial charge in [-0.05, 0) is 42.0 Å². The Labute approximate surface area is 233 Å². The van der Waals surface area contributed by atoms with Gasteiger partial charge in [-0.1, -0.05) is 30.3 Å². The van der Waals surface area contributed by atoms with Crippen molar-refractivity contribution in [1.29, 1.82) is 0 Å². The molecule has 1 atom stereocenters. The first-order valence-electron chi connectivity index (χ1n) is 12.3. The van der Waals surface area contributed by atoms with E-state index in [1.807, 2.05) is 18.2 Å². The average Bonchev–Trinajstić information content (AvgIpc) is 3.51. The summed E-state index contributed by atoms with van der Waals surface area (Å²) in [6.07, 6.45) is 0. The van der Waals surface area contributed by atoms with Crippen LogP contribution in [0.3, 0.4) is 0 Å². The first-order chi connectivity index (χ1) is 18.2. The third kappa shape index (κ3) is 5.00. The van der Waals surface area contributed by atoms with Gasteiger partial charge in [0.05, 0.1) is 15.5 Å². The third-order valence-electron chi connectivity index (χ3n) is 7.27. The first-order valence-corrected chi connectivity index (χ1v) is 15.5. The molecule has 0 radical (unpaired) electrons. The van der Waals surface area contributed by atoms with Crippen LogP contribution in [0, 0.1) is 0 Å². The van der Waals surface area contributed by atoms with Gasteiger partial charge >= 0.3 is 0 Å². The summed E-state index contributed by atoms with van der Waals surface area (Å²) in [6.45, 7) is 3.04. The average molecular weight is 591 g/mol. The Morgan fingerprint density at radius 3 is 2.36 bits per heavy atom. The number of benzene rings is 3. The van der Waals surface area contributed by atoms with Crippen molar-refractivity contribution in [2.75, 3.05) is 38.7 Å². The number of piperazine rings is 1. The zero-order valence-electron chi connectivity index (χ0n) is 20.9. The lowest BCUT2D eigenvalue weighted by Gasteiger charge is -2.35. The van der Waals surface area contributed by atoms with E-state index in [4.69, 9.17) is 9.47 Å². The number of carbonyl (C=O) groups excluding carboxylic acids is 1. The number of fused-ring (bicyclic) bond motifs is 2. The molecule has 3 aromatic carbocycles. The summed E-state index contributed by atoms with van der Waals surface area (Å²) >= 11 is 0. The molecule has 12 heteroatoms. The summed E-state index contributed by atoms with van der Waals surface area (Å²) in [5.74, 6) is 0.529. The van der Waals surface area contributed by atoms with Crippen molar-refractivity contribution >= 4 is 38.0 Å². The number of hydrogen-bond donors (Lipinski definition) is 0. The monoisotopic (exact) mass is 590 g/mol. The fourth-order valence-corrected chi connectivity index (χ4v) is 9.68. The van der Waals surface area contributed by atoms with E-state index in [1.165, 1.54) is 30.3 Å². The van der Waals surface area contributed by atoms with Gasteiger partial charge in [-0.2, -0.15) is 0 Å². The molecule has 1 unspecified atom stereocenters. The molecule has 1 saturated heterocycles. The number of sulfone groups is 2. The molecular formula is C27H27ClN2O7S2. The SMILES string of the molecule is Cl.O=C(c1cccc2c1C(S(=O)(=O)c1ccccc1)CS2(=O)=O)N1CCN(Cc2ccc3c(c2)OCO3)CC1. The molecule has 39 heavy (non-hydrogen) atoms. The Morgan fingerprint density at radius 2 is 1.62 bits per heavy atom. The van der Waals surface area contributed by atoms with Crippen LogP contribution in [-0.4, -0.2) is 71.3 Å². The van der Waals surface area contributed by atoms with Crippen LogP contribution >= 0.6 is 12.4 Å². The number of hydrogen-bond acceptors (Lipinski definition) is 8. The maximum absolute atomic E-state index is 13.7. The molecule has 0 N–H and O–H groups in total. The summed E-state index contributed by atoms with van der Waals surface area (Å²) in [6, 6.07) is 18.1. The second-order valence-electron chi connectivity index (χ2n) is 9.60. The minimum atomic E-state index is -4.03. The summed E-state index contributed by atoms with van der Waals surface area (Å²) in [5, 5.41) is -1.34. The fourth-order valence-electron chi connectivity index (χ4n) is 5.30. The number of nitrogens with zero attached hydrogens (tertiary/aromatic N) is 2. The maximum Gasteiger partial charge on any atom is 0.254 e. The molecule has 206 valence electrons. The number of halogens is 1. The molecule has 9 nitrogen and oxygen atoms in total. The molecule has 0 spiro atoms. The van der Waals surface area contributed by atoms with Crippen LogP contribution < -0.4 is 9.47 Å². The third-order valence-corrected chi connectivity index (χ3v) is 11.4. The van der Waals surface area contributed by atoms with Gasteiger partial charge in [0.2, 0.25) is 6.79 Å². The molecule has 3 aromatic rings. The van der Waals surface area contributed by atoms with Gasteiger partial charge < -0.3 is 14.4 Å². The standard InChI is InChI=1S/C27H26N2O7S2.ClH/c30-27(29-13-11-28(12-14-29)16-19-9-10-22-23(15-19)36-18-35-22)21-7-4-8-24-26(21)25(17-37(24,31)32)38(33,34)20-5-2-1-3-6-20;/h1-10,15,25H,11-14,16-18H2;1H. The summed E-state index contributed by atoms with van der Waals surface area (Å²) < 4.78 is 63.8. The molecule has 6 rings (SSSR count). The highest BCUT2D eigenvalue weighted by Crippen LogP contribution is 2.43. The minimum Gasteiger partial charge on any atom is -0.454 e. The topological polar surface area (TPSA) is 110 Å². The number of ether oxygens (including phenoxy) is 2. The number of carbonyl (C=O) groups is 1.